The minimum absolute atomic E-state index is 0.261. The zero-order chi connectivity index (χ0) is 12.6. The van der Waals surface area contributed by atoms with Crippen LogP contribution in [0.5, 0.6) is 0 Å². The van der Waals surface area contributed by atoms with Gasteiger partial charge in [-0.25, -0.2) is 4.99 Å². The second kappa shape index (κ2) is 6.30. The predicted molar refractivity (Wildman–Crippen MR) is 74.5 cm³/mol. The van der Waals surface area contributed by atoms with Gasteiger partial charge in [-0.1, -0.05) is 60.7 Å². The normalized spacial score (nSPS) is 11.1. The third-order valence-electron chi connectivity index (χ3n) is 2.36. The molecule has 0 saturated heterocycles. The third-order valence-corrected chi connectivity index (χ3v) is 2.36. The summed E-state index contributed by atoms with van der Waals surface area (Å²) in [7, 11) is 0. The van der Waals surface area contributed by atoms with Gasteiger partial charge in [0.1, 0.15) is 0 Å². The molecule has 2 aromatic carbocycles. The first-order valence-electron chi connectivity index (χ1n) is 5.71. The zero-order valence-corrected chi connectivity index (χ0v) is 9.86. The Labute approximate surface area is 106 Å². The quantitative estimate of drug-likeness (QED) is 0.592. The van der Waals surface area contributed by atoms with Crippen molar-refractivity contribution in [2.75, 3.05) is 0 Å². The minimum Gasteiger partial charge on any atom is -0.267 e. The van der Waals surface area contributed by atoms with Gasteiger partial charge in [0.2, 0.25) is 0 Å². The van der Waals surface area contributed by atoms with Crippen molar-refractivity contribution >= 4 is 18.2 Å². The van der Waals surface area contributed by atoms with E-state index in [2.05, 4.69) is 4.99 Å². The van der Waals surface area contributed by atoms with Crippen LogP contribution in [-0.2, 0) is 4.79 Å². The number of benzene rings is 2. The molecule has 0 atom stereocenters. The molecule has 0 fully saturated rings. The average molecular weight is 235 g/mol. The number of carbonyl (C=O) groups is 1. The van der Waals surface area contributed by atoms with Gasteiger partial charge in [0.05, 0.1) is 0 Å². The molecule has 0 saturated carbocycles. The Bertz CT molecular complexity index is 505. The zero-order valence-electron chi connectivity index (χ0n) is 9.86. The number of nitrogens with zero attached hydrogens (tertiary/aromatic N) is 1. The summed E-state index contributed by atoms with van der Waals surface area (Å²) in [6.07, 6.45) is 4.79. The van der Waals surface area contributed by atoms with Crippen molar-refractivity contribution in [1.29, 1.82) is 0 Å². The van der Waals surface area contributed by atoms with Crippen molar-refractivity contribution in [3.8, 4) is 0 Å². The van der Waals surface area contributed by atoms with Gasteiger partial charge in [0.15, 0.2) is 0 Å². The third kappa shape index (κ3) is 3.83. The van der Waals surface area contributed by atoms with Crippen molar-refractivity contribution in [1.82, 2.24) is 0 Å². The van der Waals surface area contributed by atoms with Gasteiger partial charge in [0, 0.05) is 12.3 Å². The van der Waals surface area contributed by atoms with Crippen LogP contribution >= 0.6 is 0 Å². The van der Waals surface area contributed by atoms with Crippen molar-refractivity contribution in [3.63, 3.8) is 0 Å². The number of carbonyl (C=O) groups excluding carboxylic acids is 1. The largest absolute Gasteiger partial charge is 0.269 e. The maximum atomic E-state index is 11.5. The Kier molecular flexibility index (Phi) is 4.20. The molecule has 2 heteroatoms. The van der Waals surface area contributed by atoms with Crippen LogP contribution in [0.2, 0.25) is 0 Å². The van der Waals surface area contributed by atoms with Crippen molar-refractivity contribution in [2.24, 2.45) is 4.99 Å². The van der Waals surface area contributed by atoms with E-state index < -0.39 is 0 Å². The van der Waals surface area contributed by atoms with E-state index >= 15 is 0 Å². The van der Waals surface area contributed by atoms with Crippen LogP contribution < -0.4 is 0 Å². The first-order valence-corrected chi connectivity index (χ1v) is 5.71. The standard InChI is InChI=1S/C16H13NO/c18-16(12-11-14-7-3-1-4-8-14)17-13-15-9-5-2-6-10-15/h1-13H. The van der Waals surface area contributed by atoms with E-state index in [-0.39, 0.29) is 5.91 Å². The summed E-state index contributed by atoms with van der Waals surface area (Å²) in [6.45, 7) is 0. The van der Waals surface area contributed by atoms with Crippen molar-refractivity contribution < 1.29 is 4.79 Å². The monoisotopic (exact) mass is 235 g/mol. The first-order chi connectivity index (χ1) is 8.84. The van der Waals surface area contributed by atoms with Gasteiger partial charge in [-0.3, -0.25) is 4.79 Å². The fraction of sp³-hybridized carbons (Fsp3) is 0. The molecule has 1 amide bonds. The highest BCUT2D eigenvalue weighted by molar-refractivity contribution is 5.99. The molecule has 0 aliphatic carbocycles. The van der Waals surface area contributed by atoms with Gasteiger partial charge >= 0.3 is 0 Å². The smallest absolute Gasteiger partial charge is 0.267 e. The molecule has 0 heterocycles. The van der Waals surface area contributed by atoms with Gasteiger partial charge in [0.25, 0.3) is 5.91 Å². The number of aliphatic imine (C=N–C) groups is 1. The summed E-state index contributed by atoms with van der Waals surface area (Å²) >= 11 is 0. The predicted octanol–water partition coefficient (Wildman–Crippen LogP) is 3.35. The SMILES string of the molecule is O=C(C=Cc1ccccc1)N=Cc1ccccc1. The van der Waals surface area contributed by atoms with Crippen molar-refractivity contribution in [2.45, 2.75) is 0 Å². The fourth-order valence-electron chi connectivity index (χ4n) is 1.45. The molecule has 0 unspecified atom stereocenters. The van der Waals surface area contributed by atoms with Crippen LogP contribution in [0.25, 0.3) is 6.08 Å². The molecule has 0 aliphatic rings. The minimum atomic E-state index is -0.261. The van der Waals surface area contributed by atoms with Gasteiger partial charge in [-0.05, 0) is 17.2 Å². The number of rotatable bonds is 3. The van der Waals surface area contributed by atoms with Gasteiger partial charge in [-0.15, -0.1) is 0 Å². The highest BCUT2D eigenvalue weighted by Gasteiger charge is 1.91. The molecule has 2 nitrogen and oxygen atoms in total. The molecule has 0 aliphatic heterocycles. The average Bonchev–Trinajstić information content (AvgIpc) is 2.45. The van der Waals surface area contributed by atoms with Crippen LogP contribution in [-0.4, -0.2) is 12.1 Å². The topological polar surface area (TPSA) is 29.4 Å². The van der Waals surface area contributed by atoms with E-state index in [9.17, 15) is 4.79 Å². The molecule has 2 aromatic rings. The molecule has 18 heavy (non-hydrogen) atoms. The number of hydrogen-bond acceptors (Lipinski definition) is 1. The molecule has 2 rings (SSSR count). The molecular formula is C16H13NO. The molecular weight excluding hydrogens is 222 g/mol. The van der Waals surface area contributed by atoms with E-state index in [0.717, 1.165) is 11.1 Å². The summed E-state index contributed by atoms with van der Waals surface area (Å²) in [4.78, 5) is 15.4. The highest BCUT2D eigenvalue weighted by Crippen LogP contribution is 2.01. The molecule has 88 valence electrons. The summed E-state index contributed by atoms with van der Waals surface area (Å²) in [5.41, 5.74) is 1.90. The Balaban J connectivity index is 1.97. The van der Waals surface area contributed by atoms with Crippen molar-refractivity contribution in [3.05, 3.63) is 77.9 Å². The summed E-state index contributed by atoms with van der Waals surface area (Å²) in [5, 5.41) is 0. The number of hydrogen-bond donors (Lipinski definition) is 0. The van der Waals surface area contributed by atoms with Crippen LogP contribution in [0.15, 0.2) is 71.7 Å². The van der Waals surface area contributed by atoms with E-state index in [1.807, 2.05) is 60.7 Å². The molecule has 0 radical (unpaired) electrons. The van der Waals surface area contributed by atoms with Crippen LogP contribution in [0.3, 0.4) is 0 Å². The van der Waals surface area contributed by atoms with Gasteiger partial charge in [-0.2, -0.15) is 0 Å². The number of amides is 1. The fourth-order valence-corrected chi connectivity index (χ4v) is 1.45. The lowest BCUT2D eigenvalue weighted by Crippen LogP contribution is -1.88. The summed E-state index contributed by atoms with van der Waals surface area (Å²) < 4.78 is 0. The summed E-state index contributed by atoms with van der Waals surface area (Å²) in [6, 6.07) is 19.2. The Morgan fingerprint density at radius 2 is 1.39 bits per heavy atom. The van der Waals surface area contributed by atoms with E-state index in [1.165, 1.54) is 6.08 Å². The Morgan fingerprint density at radius 3 is 2.00 bits per heavy atom. The lowest BCUT2D eigenvalue weighted by Gasteiger charge is -1.90. The lowest BCUT2D eigenvalue weighted by molar-refractivity contribution is -0.113. The first kappa shape index (κ1) is 12.0. The molecule has 0 N–H and O–H groups in total. The van der Waals surface area contributed by atoms with E-state index in [4.69, 9.17) is 0 Å². The highest BCUT2D eigenvalue weighted by atomic mass is 16.1. The van der Waals surface area contributed by atoms with E-state index in [1.54, 1.807) is 12.3 Å². The maximum absolute atomic E-state index is 11.5. The Hall–Kier alpha value is -2.48. The second-order valence-corrected chi connectivity index (χ2v) is 3.75. The maximum Gasteiger partial charge on any atom is 0.269 e. The lowest BCUT2D eigenvalue weighted by atomic mass is 10.2. The second-order valence-electron chi connectivity index (χ2n) is 3.75. The van der Waals surface area contributed by atoms with Crippen LogP contribution in [0.1, 0.15) is 11.1 Å². The molecule has 0 aromatic heterocycles. The van der Waals surface area contributed by atoms with E-state index in [0.29, 0.717) is 0 Å². The molecule has 0 bridgehead atoms. The van der Waals surface area contributed by atoms with Gasteiger partial charge < -0.3 is 0 Å². The van der Waals surface area contributed by atoms with Crippen LogP contribution in [0, 0.1) is 0 Å². The molecule has 0 spiro atoms. The van der Waals surface area contributed by atoms with Crippen LogP contribution in [0.4, 0.5) is 0 Å². The Morgan fingerprint density at radius 1 is 0.833 bits per heavy atom. The summed E-state index contributed by atoms with van der Waals surface area (Å²) in [5.74, 6) is -0.261.